The Morgan fingerprint density at radius 2 is 1.95 bits per heavy atom. The number of methoxy groups -OCH3 is 1. The molecule has 112 valence electrons. The number of unbranched alkanes of at least 4 members (excludes halogenated alkanes) is 1. The number of amides is 1. The van der Waals surface area contributed by atoms with Crippen molar-refractivity contribution in [2.24, 2.45) is 0 Å². The average molecular weight is 278 g/mol. The molecule has 0 saturated carbocycles. The molecule has 0 bridgehead atoms. The standard InChI is InChI=1S/C16H26N2O2/c1-14(16(19)18-12-13-20-2)17-11-7-6-10-15-8-4-3-5-9-15/h3-5,8-9,14,17H,6-7,10-13H2,1-2H3,(H,18,19). The SMILES string of the molecule is COCCNC(=O)C(C)NCCCCc1ccccc1. The molecule has 0 aromatic heterocycles. The second-order valence-corrected chi connectivity index (χ2v) is 4.90. The molecule has 1 aromatic carbocycles. The maximum absolute atomic E-state index is 11.7. The van der Waals surface area contributed by atoms with Crippen LogP contribution in [0.2, 0.25) is 0 Å². The summed E-state index contributed by atoms with van der Waals surface area (Å²) < 4.78 is 4.89. The van der Waals surface area contributed by atoms with Gasteiger partial charge in [-0.15, -0.1) is 0 Å². The number of nitrogens with one attached hydrogen (secondary N) is 2. The minimum Gasteiger partial charge on any atom is -0.383 e. The highest BCUT2D eigenvalue weighted by Gasteiger charge is 2.10. The zero-order valence-corrected chi connectivity index (χ0v) is 12.5. The third-order valence-corrected chi connectivity index (χ3v) is 3.18. The van der Waals surface area contributed by atoms with E-state index in [1.54, 1.807) is 7.11 Å². The summed E-state index contributed by atoms with van der Waals surface area (Å²) in [5, 5.41) is 6.07. The second-order valence-electron chi connectivity index (χ2n) is 4.90. The van der Waals surface area contributed by atoms with Crippen LogP contribution in [-0.4, -0.2) is 38.8 Å². The fourth-order valence-corrected chi connectivity index (χ4v) is 1.94. The maximum Gasteiger partial charge on any atom is 0.236 e. The summed E-state index contributed by atoms with van der Waals surface area (Å²) in [6.07, 6.45) is 3.30. The van der Waals surface area contributed by atoms with Gasteiger partial charge in [0.2, 0.25) is 5.91 Å². The van der Waals surface area contributed by atoms with E-state index in [1.165, 1.54) is 5.56 Å². The lowest BCUT2D eigenvalue weighted by Gasteiger charge is -2.13. The van der Waals surface area contributed by atoms with Crippen LogP contribution in [0.15, 0.2) is 30.3 Å². The molecule has 4 nitrogen and oxygen atoms in total. The molecule has 0 saturated heterocycles. The molecule has 1 atom stereocenters. The summed E-state index contributed by atoms with van der Waals surface area (Å²) in [6.45, 7) is 3.87. The van der Waals surface area contributed by atoms with Crippen LogP contribution in [0.4, 0.5) is 0 Å². The molecule has 0 fully saturated rings. The number of ether oxygens (including phenoxy) is 1. The van der Waals surface area contributed by atoms with Gasteiger partial charge >= 0.3 is 0 Å². The first-order valence-corrected chi connectivity index (χ1v) is 7.28. The van der Waals surface area contributed by atoms with E-state index in [0.29, 0.717) is 13.2 Å². The molecule has 0 radical (unpaired) electrons. The molecule has 1 aromatic rings. The van der Waals surface area contributed by atoms with E-state index in [2.05, 4.69) is 34.9 Å². The smallest absolute Gasteiger partial charge is 0.236 e. The molecule has 20 heavy (non-hydrogen) atoms. The molecule has 1 unspecified atom stereocenters. The molecule has 0 spiro atoms. The number of hydrogen-bond donors (Lipinski definition) is 2. The zero-order chi connectivity index (χ0) is 14.6. The lowest BCUT2D eigenvalue weighted by molar-refractivity contribution is -0.122. The lowest BCUT2D eigenvalue weighted by atomic mass is 10.1. The zero-order valence-electron chi connectivity index (χ0n) is 12.5. The third-order valence-electron chi connectivity index (χ3n) is 3.18. The number of carbonyl (C=O) groups excluding carboxylic acids is 1. The van der Waals surface area contributed by atoms with Crippen molar-refractivity contribution in [1.29, 1.82) is 0 Å². The van der Waals surface area contributed by atoms with Crippen molar-refractivity contribution in [2.75, 3.05) is 26.8 Å². The van der Waals surface area contributed by atoms with Gasteiger partial charge in [-0.3, -0.25) is 4.79 Å². The Morgan fingerprint density at radius 3 is 2.65 bits per heavy atom. The van der Waals surface area contributed by atoms with Gasteiger partial charge in [0.05, 0.1) is 12.6 Å². The highest BCUT2D eigenvalue weighted by molar-refractivity contribution is 5.81. The maximum atomic E-state index is 11.7. The summed E-state index contributed by atoms with van der Waals surface area (Å²) in [5.41, 5.74) is 1.37. The molecule has 0 aliphatic carbocycles. The van der Waals surface area contributed by atoms with Crippen LogP contribution >= 0.6 is 0 Å². The van der Waals surface area contributed by atoms with Gasteiger partial charge in [0, 0.05) is 13.7 Å². The predicted molar refractivity (Wildman–Crippen MR) is 81.7 cm³/mol. The van der Waals surface area contributed by atoms with Crippen molar-refractivity contribution in [1.82, 2.24) is 10.6 Å². The van der Waals surface area contributed by atoms with Crippen LogP contribution in [0.1, 0.15) is 25.3 Å². The van der Waals surface area contributed by atoms with Gasteiger partial charge in [0.1, 0.15) is 0 Å². The number of hydrogen-bond acceptors (Lipinski definition) is 3. The molecular formula is C16H26N2O2. The van der Waals surface area contributed by atoms with Crippen LogP contribution in [0, 0.1) is 0 Å². The van der Waals surface area contributed by atoms with Crippen LogP contribution in [-0.2, 0) is 16.0 Å². The summed E-state index contributed by atoms with van der Waals surface area (Å²) in [5.74, 6) is 0.0325. The summed E-state index contributed by atoms with van der Waals surface area (Å²) in [6, 6.07) is 10.3. The normalized spacial score (nSPS) is 12.1. The highest BCUT2D eigenvalue weighted by atomic mass is 16.5. The average Bonchev–Trinajstić information content (AvgIpc) is 2.48. The van der Waals surface area contributed by atoms with Crippen molar-refractivity contribution in [3.05, 3.63) is 35.9 Å². The van der Waals surface area contributed by atoms with Crippen molar-refractivity contribution in [2.45, 2.75) is 32.2 Å². The minimum absolute atomic E-state index is 0.0325. The number of rotatable bonds is 10. The van der Waals surface area contributed by atoms with Crippen molar-refractivity contribution < 1.29 is 9.53 Å². The van der Waals surface area contributed by atoms with Crippen molar-refractivity contribution in [3.63, 3.8) is 0 Å². The van der Waals surface area contributed by atoms with Gasteiger partial charge in [0.15, 0.2) is 0 Å². The van der Waals surface area contributed by atoms with E-state index >= 15 is 0 Å². The van der Waals surface area contributed by atoms with Gasteiger partial charge in [0.25, 0.3) is 0 Å². The van der Waals surface area contributed by atoms with Crippen LogP contribution in [0.5, 0.6) is 0 Å². The second kappa shape index (κ2) is 10.4. The first-order chi connectivity index (χ1) is 9.74. The van der Waals surface area contributed by atoms with E-state index in [-0.39, 0.29) is 11.9 Å². The number of aryl methyl sites for hydroxylation is 1. The van der Waals surface area contributed by atoms with Gasteiger partial charge in [-0.2, -0.15) is 0 Å². The summed E-state index contributed by atoms with van der Waals surface area (Å²) in [7, 11) is 1.63. The van der Waals surface area contributed by atoms with Gasteiger partial charge in [-0.25, -0.2) is 0 Å². The van der Waals surface area contributed by atoms with Crippen LogP contribution in [0.25, 0.3) is 0 Å². The first kappa shape index (κ1) is 16.7. The van der Waals surface area contributed by atoms with E-state index in [9.17, 15) is 4.79 Å². The Bertz CT molecular complexity index is 368. The Hall–Kier alpha value is -1.39. The first-order valence-electron chi connectivity index (χ1n) is 7.28. The largest absolute Gasteiger partial charge is 0.383 e. The fourth-order valence-electron chi connectivity index (χ4n) is 1.94. The van der Waals surface area contributed by atoms with Gasteiger partial charge < -0.3 is 15.4 Å². The Labute approximate surface area is 121 Å². The van der Waals surface area contributed by atoms with Gasteiger partial charge in [-0.05, 0) is 38.3 Å². The molecular weight excluding hydrogens is 252 g/mol. The molecule has 0 heterocycles. The van der Waals surface area contributed by atoms with Crippen molar-refractivity contribution in [3.8, 4) is 0 Å². The lowest BCUT2D eigenvalue weighted by Crippen LogP contribution is -2.43. The van der Waals surface area contributed by atoms with E-state index < -0.39 is 0 Å². The minimum atomic E-state index is -0.149. The van der Waals surface area contributed by atoms with Crippen molar-refractivity contribution >= 4 is 5.91 Å². The molecule has 0 aliphatic rings. The molecule has 2 N–H and O–H groups in total. The summed E-state index contributed by atoms with van der Waals surface area (Å²) in [4.78, 5) is 11.7. The Kier molecular flexibility index (Phi) is 8.67. The van der Waals surface area contributed by atoms with Crippen LogP contribution in [0.3, 0.4) is 0 Å². The fraction of sp³-hybridized carbons (Fsp3) is 0.562. The number of benzene rings is 1. The monoisotopic (exact) mass is 278 g/mol. The summed E-state index contributed by atoms with van der Waals surface area (Å²) >= 11 is 0. The number of carbonyl (C=O) groups is 1. The van der Waals surface area contributed by atoms with Gasteiger partial charge in [-0.1, -0.05) is 30.3 Å². The molecule has 4 heteroatoms. The topological polar surface area (TPSA) is 50.4 Å². The third kappa shape index (κ3) is 7.26. The quantitative estimate of drug-likeness (QED) is 0.641. The Balaban J connectivity index is 2.04. The predicted octanol–water partition coefficient (Wildman–Crippen LogP) is 1.75. The van der Waals surface area contributed by atoms with E-state index in [0.717, 1.165) is 25.8 Å². The van der Waals surface area contributed by atoms with Crippen LogP contribution < -0.4 is 10.6 Å². The molecule has 1 rings (SSSR count). The van der Waals surface area contributed by atoms with E-state index in [4.69, 9.17) is 4.74 Å². The highest BCUT2D eigenvalue weighted by Crippen LogP contribution is 2.03. The Morgan fingerprint density at radius 1 is 1.20 bits per heavy atom. The molecule has 0 aliphatic heterocycles. The molecule has 1 amide bonds. The van der Waals surface area contributed by atoms with E-state index in [1.807, 2.05) is 13.0 Å².